The SMILES string of the molecule is CC(=O)N[C@@H](Cc1cc(I)c(O)c(-c2cc(C[C@H](NC(C)=O)C(=O)O)cc(I)c2O)c1)C(=O)O. The van der Waals surface area contributed by atoms with E-state index in [1.165, 1.54) is 26.0 Å². The number of hydrogen-bond donors (Lipinski definition) is 6. The molecule has 0 aromatic heterocycles. The van der Waals surface area contributed by atoms with Crippen molar-refractivity contribution in [2.24, 2.45) is 0 Å². The van der Waals surface area contributed by atoms with Crippen LogP contribution in [0.25, 0.3) is 11.1 Å². The lowest BCUT2D eigenvalue weighted by atomic mass is 9.95. The molecule has 182 valence electrons. The Morgan fingerprint density at radius 3 is 1.32 bits per heavy atom. The molecule has 0 heterocycles. The monoisotopic (exact) mass is 696 g/mol. The molecule has 0 saturated carbocycles. The maximum Gasteiger partial charge on any atom is 0.326 e. The molecule has 2 rings (SSSR count). The number of rotatable bonds is 9. The molecular weight excluding hydrogens is 674 g/mol. The highest BCUT2D eigenvalue weighted by atomic mass is 127. The van der Waals surface area contributed by atoms with Crippen LogP contribution in [0.5, 0.6) is 11.5 Å². The zero-order valence-electron chi connectivity index (χ0n) is 18.1. The van der Waals surface area contributed by atoms with Gasteiger partial charge in [0.15, 0.2) is 0 Å². The van der Waals surface area contributed by atoms with E-state index in [0.717, 1.165) is 0 Å². The van der Waals surface area contributed by atoms with E-state index in [4.69, 9.17) is 0 Å². The molecule has 34 heavy (non-hydrogen) atoms. The van der Waals surface area contributed by atoms with Gasteiger partial charge in [-0.15, -0.1) is 0 Å². The Balaban J connectivity index is 2.55. The van der Waals surface area contributed by atoms with Crippen LogP contribution in [-0.4, -0.2) is 56.3 Å². The number of amides is 2. The first kappa shape index (κ1) is 27.6. The van der Waals surface area contributed by atoms with Crippen molar-refractivity contribution in [1.82, 2.24) is 10.6 Å². The second-order valence-corrected chi connectivity index (χ2v) is 9.86. The van der Waals surface area contributed by atoms with Crippen molar-refractivity contribution in [3.05, 3.63) is 42.5 Å². The first-order valence-electron chi connectivity index (χ1n) is 9.83. The number of phenolic OH excluding ortho intramolecular Hbond substituents is 2. The number of nitrogens with one attached hydrogen (secondary N) is 2. The second kappa shape index (κ2) is 11.7. The molecule has 2 amide bonds. The van der Waals surface area contributed by atoms with Gasteiger partial charge in [0.1, 0.15) is 23.6 Å². The average Bonchev–Trinajstić information content (AvgIpc) is 2.71. The fraction of sp³-hybridized carbons (Fsp3) is 0.273. The van der Waals surface area contributed by atoms with Gasteiger partial charge >= 0.3 is 11.9 Å². The molecule has 2 atom stereocenters. The van der Waals surface area contributed by atoms with Crippen LogP contribution < -0.4 is 10.6 Å². The van der Waals surface area contributed by atoms with Gasteiger partial charge in [-0.05, 0) is 80.6 Å². The van der Waals surface area contributed by atoms with Crippen molar-refractivity contribution >= 4 is 68.9 Å². The van der Waals surface area contributed by atoms with Gasteiger partial charge in [0.25, 0.3) is 0 Å². The van der Waals surface area contributed by atoms with E-state index in [0.29, 0.717) is 18.3 Å². The van der Waals surface area contributed by atoms with Crippen molar-refractivity contribution < 1.29 is 39.6 Å². The molecule has 0 saturated heterocycles. The number of carboxylic acid groups (broad SMARTS) is 2. The molecule has 6 N–H and O–H groups in total. The van der Waals surface area contributed by atoms with Crippen LogP contribution in [0.2, 0.25) is 0 Å². The molecule has 0 aliphatic carbocycles. The Labute approximate surface area is 222 Å². The number of halogens is 2. The molecule has 0 fully saturated rings. The maximum atomic E-state index is 11.5. The lowest BCUT2D eigenvalue weighted by Crippen LogP contribution is -2.41. The van der Waals surface area contributed by atoms with Crippen molar-refractivity contribution in [2.45, 2.75) is 38.8 Å². The van der Waals surface area contributed by atoms with Gasteiger partial charge in [0.05, 0.1) is 7.14 Å². The Hall–Kier alpha value is -2.62. The minimum atomic E-state index is -1.23. The third-order valence-corrected chi connectivity index (χ3v) is 6.41. The maximum absolute atomic E-state index is 11.5. The summed E-state index contributed by atoms with van der Waals surface area (Å²) in [4.78, 5) is 45.8. The minimum Gasteiger partial charge on any atom is -0.506 e. The van der Waals surface area contributed by atoms with Crippen molar-refractivity contribution in [1.29, 1.82) is 0 Å². The standard InChI is InChI=1S/C22H22I2N2O8/c1-9(27)25-17(21(31)32)7-11-3-13(19(29)15(23)5-11)14-4-12(6-16(24)20(14)30)8-18(22(33)34)26-10(2)28/h3-6,17-18,29-30H,7-8H2,1-2H3,(H,25,27)(H,26,28)(H,31,32)(H,33,34)/t17-,18-/m0/s1. The summed E-state index contributed by atoms with van der Waals surface area (Å²) in [6, 6.07) is 3.76. The molecule has 2 aromatic rings. The van der Waals surface area contributed by atoms with Gasteiger partial charge in [-0.1, -0.05) is 0 Å². The second-order valence-electron chi connectivity index (χ2n) is 7.54. The van der Waals surface area contributed by atoms with Gasteiger partial charge in [-0.2, -0.15) is 0 Å². The summed E-state index contributed by atoms with van der Waals surface area (Å²) >= 11 is 3.74. The number of carbonyl (C=O) groups excluding carboxylic acids is 2. The molecule has 0 aliphatic heterocycles. The van der Waals surface area contributed by atoms with Crippen molar-refractivity contribution in [3.63, 3.8) is 0 Å². The van der Waals surface area contributed by atoms with Crippen LogP contribution in [-0.2, 0) is 32.0 Å². The molecule has 0 bridgehead atoms. The van der Waals surface area contributed by atoms with Crippen molar-refractivity contribution in [2.75, 3.05) is 0 Å². The zero-order valence-corrected chi connectivity index (χ0v) is 22.4. The summed E-state index contributed by atoms with van der Waals surface area (Å²) in [5.41, 5.74) is 1.38. The summed E-state index contributed by atoms with van der Waals surface area (Å²) in [5.74, 6) is -3.78. The number of aliphatic carboxylic acids is 2. The van der Waals surface area contributed by atoms with E-state index in [9.17, 15) is 39.6 Å². The predicted octanol–water partition coefficient (Wildman–Crippen LogP) is 2.24. The fourth-order valence-corrected chi connectivity index (χ4v) is 4.70. The predicted molar refractivity (Wildman–Crippen MR) is 139 cm³/mol. The van der Waals surface area contributed by atoms with Gasteiger partial charge in [-0.25, -0.2) is 9.59 Å². The number of phenols is 2. The van der Waals surface area contributed by atoms with Crippen LogP contribution >= 0.6 is 45.2 Å². The van der Waals surface area contributed by atoms with E-state index >= 15 is 0 Å². The average molecular weight is 696 g/mol. The Morgan fingerprint density at radius 2 is 1.06 bits per heavy atom. The number of carboxylic acids is 2. The first-order valence-corrected chi connectivity index (χ1v) is 12.0. The lowest BCUT2D eigenvalue weighted by molar-refractivity contribution is -0.141. The van der Waals surface area contributed by atoms with Crippen molar-refractivity contribution in [3.8, 4) is 22.6 Å². The summed E-state index contributed by atoms with van der Waals surface area (Å²) in [5, 5.41) is 44.9. The summed E-state index contributed by atoms with van der Waals surface area (Å²) in [6.45, 7) is 2.41. The smallest absolute Gasteiger partial charge is 0.326 e. The van der Waals surface area contributed by atoms with Crippen LogP contribution in [0.4, 0.5) is 0 Å². The van der Waals surface area contributed by atoms with E-state index in [-0.39, 0.29) is 35.5 Å². The van der Waals surface area contributed by atoms with Gasteiger partial charge < -0.3 is 31.1 Å². The molecule has 12 heteroatoms. The molecule has 0 unspecified atom stereocenters. The summed E-state index contributed by atoms with van der Waals surface area (Å²) < 4.78 is 0.775. The van der Waals surface area contributed by atoms with Crippen LogP contribution in [0.3, 0.4) is 0 Å². The highest BCUT2D eigenvalue weighted by Crippen LogP contribution is 2.41. The normalized spacial score (nSPS) is 12.5. The number of aromatic hydroxyl groups is 2. The van der Waals surface area contributed by atoms with E-state index in [1.54, 1.807) is 12.1 Å². The third kappa shape index (κ3) is 7.19. The van der Waals surface area contributed by atoms with E-state index < -0.39 is 35.8 Å². The fourth-order valence-electron chi connectivity index (χ4n) is 3.32. The van der Waals surface area contributed by atoms with E-state index in [1.807, 2.05) is 45.2 Å². The Bertz CT molecular complexity index is 1060. The topological polar surface area (TPSA) is 173 Å². The highest BCUT2D eigenvalue weighted by molar-refractivity contribution is 14.1. The van der Waals surface area contributed by atoms with Gasteiger partial charge in [0.2, 0.25) is 11.8 Å². The molecule has 0 spiro atoms. The summed E-state index contributed by atoms with van der Waals surface area (Å²) in [6.07, 6.45) is -0.140. The van der Waals surface area contributed by atoms with Gasteiger partial charge in [-0.3, -0.25) is 9.59 Å². The quantitative estimate of drug-likeness (QED) is 0.217. The highest BCUT2D eigenvalue weighted by Gasteiger charge is 2.24. The van der Waals surface area contributed by atoms with Gasteiger partial charge in [0, 0.05) is 37.8 Å². The molecular formula is C22H22I2N2O8. The number of benzene rings is 2. The Kier molecular flexibility index (Phi) is 9.49. The number of carbonyl (C=O) groups is 4. The third-order valence-electron chi connectivity index (χ3n) is 4.77. The first-order chi connectivity index (χ1) is 15.8. The zero-order chi connectivity index (χ0) is 25.7. The molecule has 2 aromatic carbocycles. The number of hydrogen-bond acceptors (Lipinski definition) is 6. The lowest BCUT2D eigenvalue weighted by Gasteiger charge is -2.18. The van der Waals surface area contributed by atoms with E-state index in [2.05, 4.69) is 10.6 Å². The molecule has 0 aliphatic rings. The Morgan fingerprint density at radius 1 is 0.735 bits per heavy atom. The van der Waals surface area contributed by atoms with Crippen LogP contribution in [0, 0.1) is 7.14 Å². The van der Waals surface area contributed by atoms with Crippen LogP contribution in [0.1, 0.15) is 25.0 Å². The largest absolute Gasteiger partial charge is 0.506 e. The summed E-state index contributed by atoms with van der Waals surface area (Å²) in [7, 11) is 0. The minimum absolute atomic E-state index is 0.0701. The molecule has 10 nitrogen and oxygen atoms in total. The van der Waals surface area contributed by atoms with Crippen LogP contribution in [0.15, 0.2) is 24.3 Å². The molecule has 0 radical (unpaired) electrons.